The highest BCUT2D eigenvalue weighted by Gasteiger charge is 2.22. The number of methoxy groups -OCH3 is 1. The van der Waals surface area contributed by atoms with Gasteiger partial charge >= 0.3 is 11.8 Å². The maximum atomic E-state index is 12.1. The first-order valence-electron chi connectivity index (χ1n) is 9.36. The molecule has 148 valence electrons. The zero-order valence-corrected chi connectivity index (χ0v) is 15.9. The Hall–Kier alpha value is -3.16. The van der Waals surface area contributed by atoms with Gasteiger partial charge < -0.3 is 20.3 Å². The van der Waals surface area contributed by atoms with E-state index in [-0.39, 0.29) is 6.54 Å². The number of nitrogens with one attached hydrogen (secondary N) is 2. The van der Waals surface area contributed by atoms with Gasteiger partial charge in [-0.05, 0) is 24.8 Å². The lowest BCUT2D eigenvalue weighted by Gasteiger charge is -2.32. The summed E-state index contributed by atoms with van der Waals surface area (Å²) in [6, 6.07) is 7.38. The van der Waals surface area contributed by atoms with Gasteiger partial charge in [-0.3, -0.25) is 14.6 Å². The summed E-state index contributed by atoms with van der Waals surface area (Å²) in [5.74, 6) is 0.659. The van der Waals surface area contributed by atoms with Crippen LogP contribution < -0.4 is 20.3 Å². The first kappa shape index (κ1) is 19.6. The van der Waals surface area contributed by atoms with Gasteiger partial charge in [0.2, 0.25) is 0 Å². The van der Waals surface area contributed by atoms with Crippen molar-refractivity contribution in [1.82, 2.24) is 20.6 Å². The number of nitrogens with zero attached hydrogens (tertiary/aromatic N) is 3. The molecular formula is C20H25N5O3. The van der Waals surface area contributed by atoms with Gasteiger partial charge in [0.15, 0.2) is 0 Å². The van der Waals surface area contributed by atoms with E-state index >= 15 is 0 Å². The third kappa shape index (κ3) is 5.18. The molecule has 0 saturated carbocycles. The fourth-order valence-corrected chi connectivity index (χ4v) is 3.24. The van der Waals surface area contributed by atoms with Gasteiger partial charge in [-0.15, -0.1) is 0 Å². The molecule has 0 aliphatic carbocycles. The maximum absolute atomic E-state index is 12.1. The summed E-state index contributed by atoms with van der Waals surface area (Å²) in [6.07, 6.45) is 6.96. The smallest absolute Gasteiger partial charge is 0.309 e. The standard InChI is InChI=1S/C20H25N5O3/c1-28-17-5-3-2-4-16(17)13-24-20(27)19(26)23-12-15-6-10-25(11-7-15)18-14-21-8-9-22-18/h2-5,8-9,14-15H,6-7,10-13H2,1H3,(H,23,26)(H,24,27). The number of rotatable bonds is 6. The Bertz CT molecular complexity index is 791. The summed E-state index contributed by atoms with van der Waals surface area (Å²) in [6.45, 7) is 2.46. The second kappa shape index (κ2) is 9.68. The van der Waals surface area contributed by atoms with Crippen molar-refractivity contribution in [1.29, 1.82) is 0 Å². The van der Waals surface area contributed by atoms with Crippen molar-refractivity contribution >= 4 is 17.6 Å². The van der Waals surface area contributed by atoms with Crippen molar-refractivity contribution < 1.29 is 14.3 Å². The molecular weight excluding hydrogens is 358 g/mol. The number of amides is 2. The van der Waals surface area contributed by atoms with Gasteiger partial charge in [-0.1, -0.05) is 18.2 Å². The molecule has 2 N–H and O–H groups in total. The Morgan fingerprint density at radius 2 is 1.89 bits per heavy atom. The molecule has 28 heavy (non-hydrogen) atoms. The first-order chi connectivity index (χ1) is 13.7. The molecule has 1 aromatic heterocycles. The monoisotopic (exact) mass is 383 g/mol. The van der Waals surface area contributed by atoms with Crippen LogP contribution in [0.2, 0.25) is 0 Å². The van der Waals surface area contributed by atoms with Crippen molar-refractivity contribution in [3.05, 3.63) is 48.4 Å². The van der Waals surface area contributed by atoms with Gasteiger partial charge in [-0.2, -0.15) is 0 Å². The summed E-state index contributed by atoms with van der Waals surface area (Å²) in [5.41, 5.74) is 0.822. The molecule has 2 aromatic rings. The van der Waals surface area contributed by atoms with E-state index in [0.717, 1.165) is 37.3 Å². The number of carbonyl (C=O) groups excluding carboxylic acids is 2. The lowest BCUT2D eigenvalue weighted by Crippen LogP contribution is -2.43. The van der Waals surface area contributed by atoms with Gasteiger partial charge in [0.25, 0.3) is 0 Å². The summed E-state index contributed by atoms with van der Waals surface area (Å²) in [4.78, 5) is 34.7. The third-order valence-electron chi connectivity index (χ3n) is 4.88. The molecule has 2 heterocycles. The summed E-state index contributed by atoms with van der Waals surface area (Å²) in [7, 11) is 1.57. The van der Waals surface area contributed by atoms with Crippen molar-refractivity contribution in [2.45, 2.75) is 19.4 Å². The number of hydrogen-bond donors (Lipinski definition) is 2. The maximum Gasteiger partial charge on any atom is 0.309 e. The number of ether oxygens (including phenoxy) is 1. The molecule has 8 nitrogen and oxygen atoms in total. The van der Waals surface area contributed by atoms with Gasteiger partial charge in [0.1, 0.15) is 11.6 Å². The van der Waals surface area contributed by atoms with Crippen LogP contribution in [0.4, 0.5) is 5.82 Å². The SMILES string of the molecule is COc1ccccc1CNC(=O)C(=O)NCC1CCN(c2cnccn2)CC1. The molecule has 1 aromatic carbocycles. The minimum atomic E-state index is -0.636. The lowest BCUT2D eigenvalue weighted by molar-refractivity contribution is -0.139. The van der Waals surface area contributed by atoms with Crippen LogP contribution in [0.25, 0.3) is 0 Å². The quantitative estimate of drug-likeness (QED) is 0.726. The van der Waals surface area contributed by atoms with Crippen LogP contribution in [0.15, 0.2) is 42.9 Å². The molecule has 0 radical (unpaired) electrons. The van der Waals surface area contributed by atoms with Crippen LogP contribution in [-0.2, 0) is 16.1 Å². The molecule has 1 aliphatic rings. The van der Waals surface area contributed by atoms with Gasteiger partial charge in [-0.25, -0.2) is 4.98 Å². The van der Waals surface area contributed by atoms with E-state index in [1.165, 1.54) is 0 Å². The molecule has 1 saturated heterocycles. The van der Waals surface area contributed by atoms with E-state index in [1.807, 2.05) is 24.3 Å². The van der Waals surface area contributed by atoms with Crippen LogP contribution >= 0.6 is 0 Å². The summed E-state index contributed by atoms with van der Waals surface area (Å²) >= 11 is 0. The Balaban J connectivity index is 1.39. The van der Waals surface area contributed by atoms with Crippen LogP contribution in [0.1, 0.15) is 18.4 Å². The third-order valence-corrected chi connectivity index (χ3v) is 4.88. The number of hydrogen-bond acceptors (Lipinski definition) is 6. The highest BCUT2D eigenvalue weighted by Crippen LogP contribution is 2.20. The van der Waals surface area contributed by atoms with Crippen molar-refractivity contribution in [2.24, 2.45) is 5.92 Å². The van der Waals surface area contributed by atoms with E-state index in [2.05, 4.69) is 25.5 Å². The Labute approximate surface area is 164 Å². The van der Waals surface area contributed by atoms with E-state index in [1.54, 1.807) is 25.7 Å². The minimum absolute atomic E-state index is 0.243. The highest BCUT2D eigenvalue weighted by atomic mass is 16.5. The fraction of sp³-hybridized carbons (Fsp3) is 0.400. The fourth-order valence-electron chi connectivity index (χ4n) is 3.24. The molecule has 0 spiro atoms. The molecule has 0 unspecified atom stereocenters. The van der Waals surface area contributed by atoms with E-state index in [4.69, 9.17) is 4.74 Å². The summed E-state index contributed by atoms with van der Waals surface area (Å²) in [5, 5.41) is 5.38. The lowest BCUT2D eigenvalue weighted by atomic mass is 9.97. The Kier molecular flexibility index (Phi) is 6.78. The largest absolute Gasteiger partial charge is 0.496 e. The van der Waals surface area contributed by atoms with Gasteiger partial charge in [0, 0.05) is 44.1 Å². The Morgan fingerprint density at radius 3 is 2.61 bits per heavy atom. The first-order valence-corrected chi connectivity index (χ1v) is 9.36. The van der Waals surface area contributed by atoms with Crippen LogP contribution in [0, 0.1) is 5.92 Å². The molecule has 2 amide bonds. The number of para-hydroxylation sites is 1. The average Bonchev–Trinajstić information content (AvgIpc) is 2.77. The number of anilines is 1. The number of carbonyl (C=O) groups is 2. The Morgan fingerprint density at radius 1 is 1.14 bits per heavy atom. The molecule has 1 aliphatic heterocycles. The zero-order chi connectivity index (χ0) is 19.8. The number of benzene rings is 1. The normalized spacial score (nSPS) is 14.4. The zero-order valence-electron chi connectivity index (χ0n) is 15.9. The highest BCUT2D eigenvalue weighted by molar-refractivity contribution is 6.35. The summed E-state index contributed by atoms with van der Waals surface area (Å²) < 4.78 is 5.24. The van der Waals surface area contributed by atoms with E-state index in [9.17, 15) is 9.59 Å². The number of aromatic nitrogens is 2. The van der Waals surface area contributed by atoms with Crippen molar-refractivity contribution in [3.8, 4) is 5.75 Å². The molecule has 0 atom stereocenters. The molecule has 8 heteroatoms. The van der Waals surface area contributed by atoms with Crippen LogP contribution in [0.5, 0.6) is 5.75 Å². The molecule has 0 bridgehead atoms. The minimum Gasteiger partial charge on any atom is -0.496 e. The average molecular weight is 383 g/mol. The topological polar surface area (TPSA) is 96.4 Å². The second-order valence-corrected chi connectivity index (χ2v) is 6.70. The predicted molar refractivity (Wildman–Crippen MR) is 105 cm³/mol. The molecule has 1 fully saturated rings. The second-order valence-electron chi connectivity index (χ2n) is 6.70. The van der Waals surface area contributed by atoms with Crippen LogP contribution in [-0.4, -0.2) is 48.5 Å². The predicted octanol–water partition coefficient (Wildman–Crippen LogP) is 1.13. The van der Waals surface area contributed by atoms with Crippen molar-refractivity contribution in [2.75, 3.05) is 31.6 Å². The number of piperidine rings is 1. The van der Waals surface area contributed by atoms with E-state index < -0.39 is 11.8 Å². The van der Waals surface area contributed by atoms with Crippen LogP contribution in [0.3, 0.4) is 0 Å². The van der Waals surface area contributed by atoms with Gasteiger partial charge in [0.05, 0.1) is 13.3 Å². The molecule has 3 rings (SSSR count). The van der Waals surface area contributed by atoms with Crippen molar-refractivity contribution in [3.63, 3.8) is 0 Å². The van der Waals surface area contributed by atoms with E-state index in [0.29, 0.717) is 18.2 Å².